The Morgan fingerprint density at radius 3 is 2.63 bits per heavy atom. The minimum absolute atomic E-state index is 0.521. The maximum atomic E-state index is 6.61. The number of halogens is 1. The number of likely N-dealkylation sites (N-methyl/N-ethyl adjacent to an activating group) is 1. The van der Waals surface area contributed by atoms with E-state index in [0.29, 0.717) is 11.0 Å². The van der Waals surface area contributed by atoms with Crippen molar-refractivity contribution in [2.24, 2.45) is 7.05 Å². The third-order valence-corrected chi connectivity index (χ3v) is 7.93. The summed E-state index contributed by atoms with van der Waals surface area (Å²) in [5.41, 5.74) is 7.99. The second-order valence-electron chi connectivity index (χ2n) is 9.77. The molecule has 3 heterocycles. The molecule has 0 saturated carbocycles. The number of rotatable bonds is 6. The fourth-order valence-corrected chi connectivity index (χ4v) is 5.73. The van der Waals surface area contributed by atoms with Crippen LogP contribution in [0.5, 0.6) is 5.75 Å². The van der Waals surface area contributed by atoms with Crippen LogP contribution in [0.25, 0.3) is 22.5 Å². The molecule has 0 spiro atoms. The Labute approximate surface area is 228 Å². The molecular formula is C29H32ClN7O. The minimum atomic E-state index is 0.521. The van der Waals surface area contributed by atoms with Crippen molar-refractivity contribution in [2.75, 3.05) is 50.1 Å². The number of fused-ring (bicyclic) bond motifs is 3. The maximum Gasteiger partial charge on any atom is 0.227 e. The van der Waals surface area contributed by atoms with Gasteiger partial charge in [0.05, 0.1) is 29.9 Å². The number of ether oxygens (including phenoxy) is 1. The van der Waals surface area contributed by atoms with Gasteiger partial charge in [0, 0.05) is 67.3 Å². The van der Waals surface area contributed by atoms with Crippen LogP contribution in [-0.4, -0.2) is 64.5 Å². The van der Waals surface area contributed by atoms with Gasteiger partial charge in [-0.05, 0) is 43.1 Å². The molecule has 9 heteroatoms. The van der Waals surface area contributed by atoms with E-state index in [2.05, 4.69) is 39.2 Å². The predicted molar refractivity (Wildman–Crippen MR) is 153 cm³/mol. The molecule has 1 aliphatic heterocycles. The SMILES string of the molecule is CCN1CCN(c2ccc(Nc3ncc4c(n3)-c3c(nn(C)c3-c3ccccc3Cl)CC4)c(OC)c2)CC1. The number of benzene rings is 2. The monoisotopic (exact) mass is 529 g/mol. The first kappa shape index (κ1) is 24.7. The van der Waals surface area contributed by atoms with Gasteiger partial charge in [-0.25, -0.2) is 9.97 Å². The lowest BCUT2D eigenvalue weighted by Gasteiger charge is -2.35. The Hall–Kier alpha value is -3.62. The fourth-order valence-electron chi connectivity index (χ4n) is 5.51. The quantitative estimate of drug-likeness (QED) is 0.368. The Morgan fingerprint density at radius 2 is 1.87 bits per heavy atom. The van der Waals surface area contributed by atoms with E-state index in [4.69, 9.17) is 26.4 Å². The van der Waals surface area contributed by atoms with E-state index in [1.54, 1.807) is 7.11 Å². The van der Waals surface area contributed by atoms with Crippen LogP contribution in [0.3, 0.4) is 0 Å². The topological polar surface area (TPSA) is 71.3 Å². The van der Waals surface area contributed by atoms with Gasteiger partial charge in [0.15, 0.2) is 0 Å². The molecule has 2 aromatic heterocycles. The minimum Gasteiger partial charge on any atom is -0.494 e. The van der Waals surface area contributed by atoms with Gasteiger partial charge in [-0.15, -0.1) is 0 Å². The lowest BCUT2D eigenvalue weighted by molar-refractivity contribution is 0.271. The van der Waals surface area contributed by atoms with Crippen molar-refractivity contribution in [2.45, 2.75) is 19.8 Å². The lowest BCUT2D eigenvalue weighted by atomic mass is 9.91. The highest BCUT2D eigenvalue weighted by molar-refractivity contribution is 6.33. The van der Waals surface area contributed by atoms with Gasteiger partial charge in [-0.2, -0.15) is 5.10 Å². The van der Waals surface area contributed by atoms with Crippen molar-refractivity contribution in [1.82, 2.24) is 24.6 Å². The molecule has 38 heavy (non-hydrogen) atoms. The summed E-state index contributed by atoms with van der Waals surface area (Å²) in [5, 5.41) is 8.92. The van der Waals surface area contributed by atoms with Crippen molar-refractivity contribution in [3.63, 3.8) is 0 Å². The van der Waals surface area contributed by atoms with Gasteiger partial charge in [-0.3, -0.25) is 4.68 Å². The Morgan fingerprint density at radius 1 is 1.05 bits per heavy atom. The highest BCUT2D eigenvalue weighted by Crippen LogP contribution is 2.42. The van der Waals surface area contributed by atoms with Crippen molar-refractivity contribution in [3.05, 3.63) is 64.9 Å². The summed E-state index contributed by atoms with van der Waals surface area (Å²) in [6.07, 6.45) is 3.62. The van der Waals surface area contributed by atoms with E-state index >= 15 is 0 Å². The standard InChI is InChI=1S/C29H32ClN7O/c1-4-36-13-15-37(16-14-36)20-10-12-23(25(17-20)38-3)32-29-31-18-19-9-11-24-26(27(19)33-29)28(35(2)34-24)21-7-5-6-8-22(21)30/h5-8,10,12,17-18H,4,9,11,13-16H2,1-3H3,(H,31,32,33). The zero-order valence-corrected chi connectivity index (χ0v) is 22.8. The Bertz CT molecular complexity index is 1480. The molecule has 6 rings (SSSR count). The first-order valence-corrected chi connectivity index (χ1v) is 13.5. The van der Waals surface area contributed by atoms with Crippen LogP contribution >= 0.6 is 11.6 Å². The molecule has 1 N–H and O–H groups in total. The van der Waals surface area contributed by atoms with Crippen molar-refractivity contribution in [3.8, 4) is 28.3 Å². The van der Waals surface area contributed by atoms with Gasteiger partial charge in [0.25, 0.3) is 0 Å². The maximum absolute atomic E-state index is 6.61. The lowest BCUT2D eigenvalue weighted by Crippen LogP contribution is -2.46. The molecule has 1 saturated heterocycles. The number of nitrogens with zero attached hydrogens (tertiary/aromatic N) is 6. The van der Waals surface area contributed by atoms with Crippen LogP contribution in [0.4, 0.5) is 17.3 Å². The number of hydrogen-bond acceptors (Lipinski definition) is 7. The molecular weight excluding hydrogens is 498 g/mol. The number of hydrogen-bond donors (Lipinski definition) is 1. The predicted octanol–water partition coefficient (Wildman–Crippen LogP) is 5.19. The molecule has 0 bridgehead atoms. The summed E-state index contributed by atoms with van der Waals surface area (Å²) in [5.74, 6) is 1.29. The van der Waals surface area contributed by atoms with Crippen molar-refractivity contribution in [1.29, 1.82) is 0 Å². The van der Waals surface area contributed by atoms with Crippen LogP contribution in [0.1, 0.15) is 18.2 Å². The first-order chi connectivity index (χ1) is 18.6. The fraction of sp³-hybridized carbons (Fsp3) is 0.345. The van der Waals surface area contributed by atoms with Crippen LogP contribution in [0.15, 0.2) is 48.7 Å². The van der Waals surface area contributed by atoms with Crippen molar-refractivity contribution >= 4 is 28.9 Å². The molecule has 196 valence electrons. The largest absolute Gasteiger partial charge is 0.494 e. The number of piperazine rings is 1. The Balaban J connectivity index is 1.32. The number of aromatic nitrogens is 4. The smallest absolute Gasteiger partial charge is 0.227 e. The third-order valence-electron chi connectivity index (χ3n) is 7.60. The van der Waals surface area contributed by atoms with Crippen LogP contribution < -0.4 is 15.0 Å². The first-order valence-electron chi connectivity index (χ1n) is 13.1. The van der Waals surface area contributed by atoms with E-state index in [-0.39, 0.29) is 0 Å². The average Bonchev–Trinajstić information content (AvgIpc) is 3.29. The molecule has 4 aromatic rings. The molecule has 2 aromatic carbocycles. The molecule has 1 fully saturated rings. The zero-order chi connectivity index (χ0) is 26.2. The van der Waals surface area contributed by atoms with Gasteiger partial charge in [0.1, 0.15) is 5.75 Å². The zero-order valence-electron chi connectivity index (χ0n) is 22.0. The van der Waals surface area contributed by atoms with E-state index in [1.165, 1.54) is 5.69 Å². The van der Waals surface area contributed by atoms with E-state index in [9.17, 15) is 0 Å². The summed E-state index contributed by atoms with van der Waals surface area (Å²) >= 11 is 6.61. The van der Waals surface area contributed by atoms with Crippen LogP contribution in [0, 0.1) is 0 Å². The molecule has 1 aliphatic carbocycles. The molecule has 0 amide bonds. The van der Waals surface area contributed by atoms with Crippen LogP contribution in [0.2, 0.25) is 5.02 Å². The van der Waals surface area contributed by atoms with Gasteiger partial charge in [-0.1, -0.05) is 36.7 Å². The Kier molecular flexibility index (Phi) is 6.68. The number of nitrogens with one attached hydrogen (secondary N) is 1. The highest BCUT2D eigenvalue weighted by atomic mass is 35.5. The van der Waals surface area contributed by atoms with E-state index < -0.39 is 0 Å². The molecule has 8 nitrogen and oxygen atoms in total. The average molecular weight is 530 g/mol. The van der Waals surface area contributed by atoms with E-state index in [0.717, 1.165) is 90.8 Å². The highest BCUT2D eigenvalue weighted by Gasteiger charge is 2.28. The number of aryl methyl sites for hydroxylation is 3. The number of methoxy groups -OCH3 is 1. The molecule has 0 atom stereocenters. The van der Waals surface area contributed by atoms with Gasteiger partial charge < -0.3 is 19.9 Å². The normalized spacial score (nSPS) is 15.2. The van der Waals surface area contributed by atoms with Crippen molar-refractivity contribution < 1.29 is 4.74 Å². The van der Waals surface area contributed by atoms with Gasteiger partial charge in [0.2, 0.25) is 5.95 Å². The summed E-state index contributed by atoms with van der Waals surface area (Å²) in [6.45, 7) is 7.50. The third kappa shape index (κ3) is 4.48. The second-order valence-corrected chi connectivity index (χ2v) is 10.2. The molecule has 0 radical (unpaired) electrons. The van der Waals surface area contributed by atoms with E-state index in [1.807, 2.05) is 48.3 Å². The summed E-state index contributed by atoms with van der Waals surface area (Å²) in [4.78, 5) is 14.5. The van der Waals surface area contributed by atoms with Gasteiger partial charge >= 0.3 is 0 Å². The second kappa shape index (κ2) is 10.3. The summed E-state index contributed by atoms with van der Waals surface area (Å²) in [7, 11) is 3.66. The summed E-state index contributed by atoms with van der Waals surface area (Å²) in [6, 6.07) is 14.2. The molecule has 2 aliphatic rings. The molecule has 0 unspecified atom stereocenters. The summed E-state index contributed by atoms with van der Waals surface area (Å²) < 4.78 is 7.69. The van der Waals surface area contributed by atoms with Crippen LogP contribution in [-0.2, 0) is 19.9 Å². The number of anilines is 3.